The Morgan fingerprint density at radius 2 is 2.04 bits per heavy atom. The number of hydrogen-bond acceptors (Lipinski definition) is 5. The van der Waals surface area contributed by atoms with Crippen LogP contribution in [0.25, 0.3) is 11.4 Å². The van der Waals surface area contributed by atoms with E-state index >= 15 is 0 Å². The van der Waals surface area contributed by atoms with Crippen LogP contribution >= 0.6 is 0 Å². The molecule has 3 aromatic rings. The number of nitrogens with one attached hydrogen (secondary N) is 1. The number of nitrogens with zero attached hydrogens (tertiary/aromatic N) is 3. The number of carbonyl (C=O) groups is 1. The molecule has 0 saturated carbocycles. The third kappa shape index (κ3) is 2.76. The van der Waals surface area contributed by atoms with Crippen LogP contribution in [0.4, 0.5) is 11.4 Å². The normalized spacial score (nSPS) is 13.0. The molecule has 1 N–H and O–H groups in total. The number of benzene rings is 2. The van der Waals surface area contributed by atoms with Gasteiger partial charge in [-0.15, -0.1) is 10.2 Å². The SMILES string of the molecule is CC(C)n1cnnc1-c1cccc(Nc2cccc3c2C(=O)CO3)c1. The molecule has 0 fully saturated rings. The minimum atomic E-state index is -0.00574. The molecular formula is C19H18N4O2. The zero-order chi connectivity index (χ0) is 17.4. The topological polar surface area (TPSA) is 69.0 Å². The molecule has 0 bridgehead atoms. The summed E-state index contributed by atoms with van der Waals surface area (Å²) >= 11 is 0. The Bertz CT molecular complexity index is 946. The van der Waals surface area contributed by atoms with E-state index in [0.29, 0.717) is 11.3 Å². The van der Waals surface area contributed by atoms with Crippen molar-refractivity contribution in [2.75, 3.05) is 11.9 Å². The van der Waals surface area contributed by atoms with Gasteiger partial charge in [-0.05, 0) is 38.1 Å². The van der Waals surface area contributed by atoms with Gasteiger partial charge >= 0.3 is 0 Å². The van der Waals surface area contributed by atoms with E-state index in [9.17, 15) is 4.79 Å². The number of ether oxygens (including phenoxy) is 1. The molecule has 1 aliphatic rings. The van der Waals surface area contributed by atoms with Crippen LogP contribution in [0.3, 0.4) is 0 Å². The standard InChI is InChI=1S/C19H18N4O2/c1-12(2)23-11-20-22-19(23)13-5-3-6-14(9-13)21-15-7-4-8-17-18(15)16(24)10-25-17/h3-9,11-12,21H,10H2,1-2H3. The van der Waals surface area contributed by atoms with Crippen LogP contribution in [0.1, 0.15) is 30.2 Å². The van der Waals surface area contributed by atoms with Gasteiger partial charge in [0.15, 0.2) is 12.4 Å². The Kier molecular flexibility index (Phi) is 3.72. The fraction of sp³-hybridized carbons (Fsp3) is 0.211. The highest BCUT2D eigenvalue weighted by molar-refractivity contribution is 6.07. The van der Waals surface area contributed by atoms with E-state index in [0.717, 1.165) is 22.8 Å². The average molecular weight is 334 g/mol. The summed E-state index contributed by atoms with van der Waals surface area (Å²) in [6.45, 7) is 4.28. The zero-order valence-corrected chi connectivity index (χ0v) is 14.1. The van der Waals surface area contributed by atoms with Crippen LogP contribution in [-0.2, 0) is 0 Å². The number of fused-ring (bicyclic) bond motifs is 1. The number of ketones is 1. The number of anilines is 2. The lowest BCUT2D eigenvalue weighted by atomic mass is 10.1. The van der Waals surface area contributed by atoms with Crippen molar-refractivity contribution in [3.05, 3.63) is 54.4 Å². The van der Waals surface area contributed by atoms with Crippen molar-refractivity contribution >= 4 is 17.2 Å². The molecule has 0 aliphatic carbocycles. The summed E-state index contributed by atoms with van der Waals surface area (Å²) in [5.74, 6) is 1.44. The van der Waals surface area contributed by atoms with Crippen LogP contribution in [0.15, 0.2) is 48.8 Å². The van der Waals surface area contributed by atoms with Gasteiger partial charge in [0.05, 0.1) is 11.3 Å². The summed E-state index contributed by atoms with van der Waals surface area (Å²) in [6.07, 6.45) is 1.74. The molecular weight excluding hydrogens is 316 g/mol. The highest BCUT2D eigenvalue weighted by Crippen LogP contribution is 2.34. The highest BCUT2D eigenvalue weighted by Gasteiger charge is 2.24. The molecule has 6 nitrogen and oxygen atoms in total. The molecule has 1 aromatic heterocycles. The number of Topliss-reactive ketones (excluding diaryl/α,β-unsaturated/α-hetero) is 1. The Hall–Kier alpha value is -3.15. The summed E-state index contributed by atoms with van der Waals surface area (Å²) in [5.41, 5.74) is 3.20. The second-order valence-electron chi connectivity index (χ2n) is 6.25. The first kappa shape index (κ1) is 15.4. The molecule has 1 aliphatic heterocycles. The second-order valence-corrected chi connectivity index (χ2v) is 6.25. The molecule has 0 radical (unpaired) electrons. The van der Waals surface area contributed by atoms with Crippen molar-refractivity contribution in [1.82, 2.24) is 14.8 Å². The Morgan fingerprint density at radius 1 is 1.20 bits per heavy atom. The Labute approximate surface area is 145 Å². The minimum Gasteiger partial charge on any atom is -0.485 e. The fourth-order valence-corrected chi connectivity index (χ4v) is 2.98. The van der Waals surface area contributed by atoms with E-state index in [1.807, 2.05) is 47.0 Å². The molecule has 25 heavy (non-hydrogen) atoms. The highest BCUT2D eigenvalue weighted by atomic mass is 16.5. The maximum absolute atomic E-state index is 12.1. The first-order chi connectivity index (χ1) is 12.1. The van der Waals surface area contributed by atoms with Crippen LogP contribution in [-0.4, -0.2) is 27.2 Å². The summed E-state index contributed by atoms with van der Waals surface area (Å²) in [5, 5.41) is 11.6. The quantitative estimate of drug-likeness (QED) is 0.785. The average Bonchev–Trinajstić information content (AvgIpc) is 3.23. The van der Waals surface area contributed by atoms with Crippen molar-refractivity contribution in [1.29, 1.82) is 0 Å². The van der Waals surface area contributed by atoms with Gasteiger partial charge in [-0.3, -0.25) is 4.79 Å². The number of carbonyl (C=O) groups excluding carboxylic acids is 1. The van der Waals surface area contributed by atoms with Gasteiger partial charge in [-0.2, -0.15) is 0 Å². The molecule has 2 aromatic carbocycles. The largest absolute Gasteiger partial charge is 0.485 e. The number of hydrogen-bond donors (Lipinski definition) is 1. The smallest absolute Gasteiger partial charge is 0.206 e. The molecule has 0 spiro atoms. The minimum absolute atomic E-state index is 0.00574. The van der Waals surface area contributed by atoms with E-state index in [-0.39, 0.29) is 18.4 Å². The van der Waals surface area contributed by atoms with Gasteiger partial charge in [0.2, 0.25) is 5.78 Å². The van der Waals surface area contributed by atoms with Crippen molar-refractivity contribution in [2.45, 2.75) is 19.9 Å². The molecule has 4 rings (SSSR count). The van der Waals surface area contributed by atoms with Gasteiger partial charge in [-0.25, -0.2) is 0 Å². The van der Waals surface area contributed by atoms with Crippen molar-refractivity contribution < 1.29 is 9.53 Å². The molecule has 0 unspecified atom stereocenters. The predicted octanol–water partition coefficient (Wildman–Crippen LogP) is 3.84. The van der Waals surface area contributed by atoms with Gasteiger partial charge in [0.25, 0.3) is 0 Å². The lowest BCUT2D eigenvalue weighted by Crippen LogP contribution is -2.03. The fourth-order valence-electron chi connectivity index (χ4n) is 2.98. The van der Waals surface area contributed by atoms with Crippen LogP contribution in [0.5, 0.6) is 5.75 Å². The first-order valence-corrected chi connectivity index (χ1v) is 8.19. The van der Waals surface area contributed by atoms with Gasteiger partial charge in [-0.1, -0.05) is 18.2 Å². The van der Waals surface area contributed by atoms with E-state index in [2.05, 4.69) is 29.4 Å². The first-order valence-electron chi connectivity index (χ1n) is 8.19. The van der Waals surface area contributed by atoms with Gasteiger partial charge in [0.1, 0.15) is 12.1 Å². The van der Waals surface area contributed by atoms with Crippen LogP contribution < -0.4 is 10.1 Å². The van der Waals surface area contributed by atoms with Crippen molar-refractivity contribution in [3.8, 4) is 17.1 Å². The third-order valence-corrected chi connectivity index (χ3v) is 4.19. The van der Waals surface area contributed by atoms with E-state index in [1.54, 1.807) is 6.33 Å². The molecule has 0 atom stereocenters. The number of rotatable bonds is 4. The van der Waals surface area contributed by atoms with E-state index in [1.165, 1.54) is 0 Å². The molecule has 0 amide bonds. The van der Waals surface area contributed by atoms with Crippen molar-refractivity contribution in [3.63, 3.8) is 0 Å². The van der Waals surface area contributed by atoms with Gasteiger partial charge in [0, 0.05) is 17.3 Å². The summed E-state index contributed by atoms with van der Waals surface area (Å²) in [4.78, 5) is 12.1. The Morgan fingerprint density at radius 3 is 2.88 bits per heavy atom. The van der Waals surface area contributed by atoms with Crippen LogP contribution in [0, 0.1) is 0 Å². The molecule has 6 heteroatoms. The Balaban J connectivity index is 1.69. The predicted molar refractivity (Wildman–Crippen MR) is 95.4 cm³/mol. The second kappa shape index (κ2) is 6.05. The van der Waals surface area contributed by atoms with Crippen molar-refractivity contribution in [2.24, 2.45) is 0 Å². The lowest BCUT2D eigenvalue weighted by Gasteiger charge is -2.13. The summed E-state index contributed by atoms with van der Waals surface area (Å²) in [6, 6.07) is 13.8. The van der Waals surface area contributed by atoms with E-state index < -0.39 is 0 Å². The number of aromatic nitrogens is 3. The maximum Gasteiger partial charge on any atom is 0.206 e. The molecule has 0 saturated heterocycles. The van der Waals surface area contributed by atoms with Gasteiger partial charge < -0.3 is 14.6 Å². The molecule has 2 heterocycles. The third-order valence-electron chi connectivity index (χ3n) is 4.19. The zero-order valence-electron chi connectivity index (χ0n) is 14.1. The van der Waals surface area contributed by atoms with E-state index in [4.69, 9.17) is 4.74 Å². The summed E-state index contributed by atoms with van der Waals surface area (Å²) in [7, 11) is 0. The lowest BCUT2D eigenvalue weighted by molar-refractivity contribution is 0.0961. The monoisotopic (exact) mass is 334 g/mol. The molecule has 126 valence electrons. The maximum atomic E-state index is 12.1. The van der Waals surface area contributed by atoms with Crippen LogP contribution in [0.2, 0.25) is 0 Å². The summed E-state index contributed by atoms with van der Waals surface area (Å²) < 4.78 is 7.43.